The Morgan fingerprint density at radius 3 is 2.16 bits per heavy atom. The zero-order valence-electron chi connectivity index (χ0n) is 12.0. The summed E-state index contributed by atoms with van der Waals surface area (Å²) in [4.78, 5) is 11.0. The molecular weight excluding hydrogens is 266 g/mol. The predicted octanol–water partition coefficient (Wildman–Crippen LogP) is 2.13. The van der Waals surface area contributed by atoms with E-state index in [1.54, 1.807) is 20.8 Å². The molecule has 0 spiro atoms. The maximum atomic E-state index is 12.1. The predicted molar refractivity (Wildman–Crippen MR) is 74.4 cm³/mol. The van der Waals surface area contributed by atoms with E-state index in [4.69, 9.17) is 5.11 Å². The third kappa shape index (κ3) is 4.45. The summed E-state index contributed by atoms with van der Waals surface area (Å²) < 4.78 is 25.9. The van der Waals surface area contributed by atoms with Gasteiger partial charge in [0.05, 0.1) is 11.2 Å². The van der Waals surface area contributed by atoms with Gasteiger partial charge in [-0.15, -0.1) is 0 Å². The van der Waals surface area contributed by atoms with Crippen LogP contribution in [0.5, 0.6) is 0 Å². The summed E-state index contributed by atoms with van der Waals surface area (Å²) in [6, 6.07) is 0. The molecule has 19 heavy (non-hydrogen) atoms. The van der Waals surface area contributed by atoms with Gasteiger partial charge in [-0.05, 0) is 39.0 Å². The topological polar surface area (TPSA) is 83.5 Å². The monoisotopic (exact) mass is 291 g/mol. The van der Waals surface area contributed by atoms with Crippen molar-refractivity contribution in [1.82, 2.24) is 4.72 Å². The lowest BCUT2D eigenvalue weighted by Crippen LogP contribution is -2.46. The van der Waals surface area contributed by atoms with E-state index in [1.807, 2.05) is 0 Å². The molecule has 2 N–H and O–H groups in total. The minimum Gasteiger partial charge on any atom is -0.481 e. The molecule has 0 aromatic heterocycles. The van der Waals surface area contributed by atoms with Gasteiger partial charge in [-0.1, -0.05) is 19.3 Å². The highest BCUT2D eigenvalue weighted by Gasteiger charge is 2.37. The summed E-state index contributed by atoms with van der Waals surface area (Å²) >= 11 is 0. The SMILES string of the molecule is CC(C)(C)S(=O)(=O)NCC1(CC(=O)O)CCCCC1. The molecule has 0 bridgehead atoms. The molecule has 0 aromatic carbocycles. The van der Waals surface area contributed by atoms with E-state index in [0.717, 1.165) is 32.1 Å². The van der Waals surface area contributed by atoms with Gasteiger partial charge in [0.1, 0.15) is 0 Å². The van der Waals surface area contributed by atoms with Crippen LogP contribution in [-0.4, -0.2) is 30.8 Å². The summed E-state index contributed by atoms with van der Waals surface area (Å²) in [6.07, 6.45) is 4.67. The van der Waals surface area contributed by atoms with E-state index >= 15 is 0 Å². The van der Waals surface area contributed by atoms with Gasteiger partial charge in [0.25, 0.3) is 0 Å². The Labute approximate surface area is 115 Å². The number of hydrogen-bond acceptors (Lipinski definition) is 3. The highest BCUT2D eigenvalue weighted by molar-refractivity contribution is 7.90. The Morgan fingerprint density at radius 2 is 1.74 bits per heavy atom. The van der Waals surface area contributed by atoms with Crippen molar-refractivity contribution in [3.63, 3.8) is 0 Å². The van der Waals surface area contributed by atoms with Gasteiger partial charge in [-0.3, -0.25) is 4.79 Å². The van der Waals surface area contributed by atoms with E-state index in [-0.39, 0.29) is 13.0 Å². The molecule has 0 atom stereocenters. The van der Waals surface area contributed by atoms with Crippen LogP contribution in [0.2, 0.25) is 0 Å². The molecule has 1 aliphatic rings. The number of aliphatic carboxylic acids is 1. The average molecular weight is 291 g/mol. The van der Waals surface area contributed by atoms with E-state index in [1.165, 1.54) is 0 Å². The van der Waals surface area contributed by atoms with Crippen molar-refractivity contribution < 1.29 is 18.3 Å². The zero-order valence-corrected chi connectivity index (χ0v) is 12.8. The van der Waals surface area contributed by atoms with Crippen LogP contribution >= 0.6 is 0 Å². The normalized spacial score (nSPS) is 20.2. The van der Waals surface area contributed by atoms with Crippen LogP contribution in [0.1, 0.15) is 59.3 Å². The van der Waals surface area contributed by atoms with E-state index in [2.05, 4.69) is 4.72 Å². The molecule has 1 fully saturated rings. The summed E-state index contributed by atoms with van der Waals surface area (Å²) in [5, 5.41) is 9.04. The van der Waals surface area contributed by atoms with Crippen molar-refractivity contribution >= 4 is 16.0 Å². The van der Waals surface area contributed by atoms with Gasteiger partial charge in [0.15, 0.2) is 0 Å². The number of sulfonamides is 1. The summed E-state index contributed by atoms with van der Waals surface area (Å²) in [5.41, 5.74) is -0.414. The first-order chi connectivity index (χ1) is 8.58. The molecule has 6 heteroatoms. The molecule has 5 nitrogen and oxygen atoms in total. The second-order valence-electron chi connectivity index (χ2n) is 6.57. The van der Waals surface area contributed by atoms with E-state index in [0.29, 0.717) is 0 Å². The van der Waals surface area contributed by atoms with Gasteiger partial charge < -0.3 is 5.11 Å². The Hall–Kier alpha value is -0.620. The fourth-order valence-electron chi connectivity index (χ4n) is 2.50. The van der Waals surface area contributed by atoms with Crippen molar-refractivity contribution in [2.45, 2.75) is 64.0 Å². The number of carboxylic acids is 1. The minimum atomic E-state index is -3.41. The largest absolute Gasteiger partial charge is 0.481 e. The first-order valence-electron chi connectivity index (χ1n) is 6.79. The lowest BCUT2D eigenvalue weighted by atomic mass is 9.72. The molecule has 1 aliphatic carbocycles. The Morgan fingerprint density at radius 1 is 1.21 bits per heavy atom. The maximum Gasteiger partial charge on any atom is 0.303 e. The summed E-state index contributed by atoms with van der Waals surface area (Å²) in [5.74, 6) is -0.850. The summed E-state index contributed by atoms with van der Waals surface area (Å²) in [6.45, 7) is 5.15. The zero-order chi connectivity index (χ0) is 14.7. The molecule has 1 saturated carbocycles. The fourth-order valence-corrected chi connectivity index (χ4v) is 3.43. The first-order valence-corrected chi connectivity index (χ1v) is 8.27. The Balaban J connectivity index is 2.77. The third-order valence-electron chi connectivity index (χ3n) is 3.88. The van der Waals surface area contributed by atoms with Crippen molar-refractivity contribution in [2.24, 2.45) is 5.41 Å². The summed E-state index contributed by atoms with van der Waals surface area (Å²) in [7, 11) is -3.41. The molecule has 0 heterocycles. The van der Waals surface area contributed by atoms with Crippen LogP contribution in [0.3, 0.4) is 0 Å². The first kappa shape index (κ1) is 16.4. The number of hydrogen-bond donors (Lipinski definition) is 2. The molecule has 0 aromatic rings. The molecule has 0 radical (unpaired) electrons. The van der Waals surface area contributed by atoms with E-state index < -0.39 is 26.2 Å². The quantitative estimate of drug-likeness (QED) is 0.812. The Bertz CT molecular complexity index is 416. The second-order valence-corrected chi connectivity index (χ2v) is 9.09. The van der Waals surface area contributed by atoms with Gasteiger partial charge in [-0.25, -0.2) is 13.1 Å². The maximum absolute atomic E-state index is 12.1. The molecule has 0 aliphatic heterocycles. The van der Waals surface area contributed by atoms with Crippen LogP contribution in [0.15, 0.2) is 0 Å². The van der Waals surface area contributed by atoms with Crippen LogP contribution in [0, 0.1) is 5.41 Å². The van der Waals surface area contributed by atoms with Gasteiger partial charge in [0.2, 0.25) is 10.0 Å². The van der Waals surface area contributed by atoms with E-state index in [9.17, 15) is 13.2 Å². The lowest BCUT2D eigenvalue weighted by molar-refractivity contribution is -0.140. The number of carbonyl (C=O) groups is 1. The van der Waals surface area contributed by atoms with Crippen molar-refractivity contribution in [3.05, 3.63) is 0 Å². The van der Waals surface area contributed by atoms with Crippen molar-refractivity contribution in [3.8, 4) is 0 Å². The number of nitrogens with one attached hydrogen (secondary N) is 1. The standard InChI is InChI=1S/C13H25NO4S/c1-12(2,3)19(17,18)14-10-13(9-11(15)16)7-5-4-6-8-13/h14H,4-10H2,1-3H3,(H,15,16). The van der Waals surface area contributed by atoms with Gasteiger partial charge in [-0.2, -0.15) is 0 Å². The minimum absolute atomic E-state index is 0.0413. The second kappa shape index (κ2) is 5.79. The van der Waals surface area contributed by atoms with Crippen molar-refractivity contribution in [2.75, 3.05) is 6.54 Å². The number of rotatable bonds is 5. The molecule has 0 saturated heterocycles. The van der Waals surface area contributed by atoms with Crippen LogP contribution in [0.25, 0.3) is 0 Å². The molecule has 1 rings (SSSR count). The van der Waals surface area contributed by atoms with Gasteiger partial charge in [0, 0.05) is 6.54 Å². The van der Waals surface area contributed by atoms with Crippen molar-refractivity contribution in [1.29, 1.82) is 0 Å². The highest BCUT2D eigenvalue weighted by atomic mass is 32.2. The molecular formula is C13H25NO4S. The van der Waals surface area contributed by atoms with Crippen LogP contribution in [-0.2, 0) is 14.8 Å². The molecule has 0 amide bonds. The highest BCUT2D eigenvalue weighted by Crippen LogP contribution is 2.39. The van der Waals surface area contributed by atoms with Crippen LogP contribution in [0.4, 0.5) is 0 Å². The molecule has 112 valence electrons. The van der Waals surface area contributed by atoms with Crippen LogP contribution < -0.4 is 4.72 Å². The molecule has 0 unspecified atom stereocenters. The third-order valence-corrected chi connectivity index (χ3v) is 6.02. The smallest absolute Gasteiger partial charge is 0.303 e. The fraction of sp³-hybridized carbons (Fsp3) is 0.923. The lowest BCUT2D eigenvalue weighted by Gasteiger charge is -2.37. The van der Waals surface area contributed by atoms with Gasteiger partial charge >= 0.3 is 5.97 Å². The Kier molecular flexibility index (Phi) is 5.01. The number of carboxylic acid groups (broad SMARTS) is 1. The average Bonchev–Trinajstić information content (AvgIpc) is 2.25.